The zero-order chi connectivity index (χ0) is 36.4. The highest BCUT2D eigenvalue weighted by molar-refractivity contribution is 5.97. The molecule has 15 nitrogen and oxygen atoms in total. The molecule has 4 atom stereocenters. The van der Waals surface area contributed by atoms with Crippen molar-refractivity contribution in [1.29, 1.82) is 0 Å². The number of hydrogen-bond acceptors (Lipinski definition) is 8. The Bertz CT molecular complexity index is 1550. The zero-order valence-electron chi connectivity index (χ0n) is 29.2. The van der Waals surface area contributed by atoms with Crippen LogP contribution in [0, 0.1) is 19.8 Å². The molecule has 0 bridgehead atoms. The lowest BCUT2D eigenvalue weighted by molar-refractivity contribution is -0.139. The summed E-state index contributed by atoms with van der Waals surface area (Å²) in [7, 11) is 1.46. The van der Waals surface area contributed by atoms with Gasteiger partial charge in [-0.2, -0.15) is 5.10 Å². The number of rotatable bonds is 7. The van der Waals surface area contributed by atoms with Crippen molar-refractivity contribution in [3.05, 3.63) is 52.8 Å². The topological polar surface area (TPSA) is 201 Å². The maximum absolute atomic E-state index is 13.6. The molecule has 1 aliphatic rings. The Balaban J connectivity index is 1.83. The summed E-state index contributed by atoms with van der Waals surface area (Å²) in [4.78, 5) is 92.9. The largest absolute Gasteiger partial charge is 0.355 e. The fourth-order valence-corrected chi connectivity index (χ4v) is 5.66. The van der Waals surface area contributed by atoms with E-state index >= 15 is 0 Å². The highest BCUT2D eigenvalue weighted by atomic mass is 16.2. The maximum atomic E-state index is 13.6. The number of benzene rings is 1. The second-order valence-electron chi connectivity index (χ2n) is 12.8. The molecule has 1 aromatic heterocycles. The number of Topliss-reactive ketones (excluding diaryl/α,β-unsaturated/α-hetero) is 1. The summed E-state index contributed by atoms with van der Waals surface area (Å²) in [5.41, 5.74) is 2.21. The van der Waals surface area contributed by atoms with Gasteiger partial charge in [0.15, 0.2) is 5.78 Å². The molecule has 3 rings (SSSR count). The van der Waals surface area contributed by atoms with Crippen LogP contribution in [0.4, 0.5) is 0 Å². The van der Waals surface area contributed by atoms with E-state index in [1.54, 1.807) is 27.7 Å². The summed E-state index contributed by atoms with van der Waals surface area (Å²) in [5.74, 6) is -3.94. The summed E-state index contributed by atoms with van der Waals surface area (Å²) in [6.45, 7) is 9.28. The second kappa shape index (κ2) is 17.4. The Morgan fingerprint density at radius 2 is 1.65 bits per heavy atom. The van der Waals surface area contributed by atoms with Crippen molar-refractivity contribution < 1.29 is 33.6 Å². The van der Waals surface area contributed by atoms with Crippen LogP contribution in [0.15, 0.2) is 30.3 Å². The predicted molar refractivity (Wildman–Crippen MR) is 180 cm³/mol. The van der Waals surface area contributed by atoms with Crippen LogP contribution in [0.3, 0.4) is 0 Å². The highest BCUT2D eigenvalue weighted by Gasteiger charge is 2.32. The van der Waals surface area contributed by atoms with Gasteiger partial charge in [0, 0.05) is 25.7 Å². The third-order valence-electron chi connectivity index (χ3n) is 8.32. The lowest BCUT2D eigenvalue weighted by atomic mass is 10.0. The number of nitrogens with one attached hydrogen (secondary N) is 5. The third-order valence-corrected chi connectivity index (χ3v) is 8.32. The van der Waals surface area contributed by atoms with E-state index in [1.165, 1.54) is 30.5 Å². The van der Waals surface area contributed by atoms with Crippen LogP contribution < -0.4 is 26.6 Å². The van der Waals surface area contributed by atoms with Gasteiger partial charge in [-0.1, -0.05) is 44.2 Å². The van der Waals surface area contributed by atoms with Crippen LogP contribution in [0.5, 0.6) is 0 Å². The van der Waals surface area contributed by atoms with Crippen molar-refractivity contribution in [1.82, 2.24) is 41.3 Å². The molecule has 15 heteroatoms. The molecule has 1 aromatic carbocycles. The van der Waals surface area contributed by atoms with E-state index in [4.69, 9.17) is 0 Å². The second-order valence-corrected chi connectivity index (χ2v) is 12.8. The SMILES string of the molecule is CC(=O)c1c(C)nn(CC(=O)N[C@H]2CCCNC(=O)CN(C)C(=O)[C@H](Cc3ccccc3)NC(=O)[C@@H](C)NC(=O)[C@@H](C(C)C)NC2=O)c1C. The molecular weight excluding hydrogens is 632 g/mol. The zero-order valence-corrected chi connectivity index (χ0v) is 29.2. The first-order valence-electron chi connectivity index (χ1n) is 16.4. The molecule has 49 heavy (non-hydrogen) atoms. The number of hydrogen-bond donors (Lipinski definition) is 5. The molecule has 1 aliphatic heterocycles. The van der Waals surface area contributed by atoms with E-state index in [0.29, 0.717) is 17.0 Å². The Morgan fingerprint density at radius 1 is 0.980 bits per heavy atom. The first-order valence-corrected chi connectivity index (χ1v) is 16.4. The number of amides is 6. The Morgan fingerprint density at radius 3 is 2.27 bits per heavy atom. The minimum absolute atomic E-state index is 0.104. The minimum atomic E-state index is -1.09. The molecule has 2 heterocycles. The average molecular weight is 681 g/mol. The van der Waals surface area contributed by atoms with Crippen molar-refractivity contribution in [2.75, 3.05) is 20.1 Å². The van der Waals surface area contributed by atoms with E-state index in [9.17, 15) is 33.6 Å². The van der Waals surface area contributed by atoms with E-state index in [-0.39, 0.29) is 44.7 Å². The number of likely N-dealkylation sites (N-methyl/N-ethyl adjacent to an activating group) is 1. The monoisotopic (exact) mass is 680 g/mol. The van der Waals surface area contributed by atoms with Gasteiger partial charge in [0.2, 0.25) is 35.4 Å². The van der Waals surface area contributed by atoms with Gasteiger partial charge in [-0.15, -0.1) is 0 Å². The van der Waals surface area contributed by atoms with Crippen molar-refractivity contribution >= 4 is 41.2 Å². The number of carbonyl (C=O) groups is 7. The van der Waals surface area contributed by atoms with Gasteiger partial charge in [0.1, 0.15) is 30.7 Å². The van der Waals surface area contributed by atoms with Crippen LogP contribution in [-0.4, -0.2) is 100 Å². The van der Waals surface area contributed by atoms with Crippen LogP contribution in [0.25, 0.3) is 0 Å². The van der Waals surface area contributed by atoms with Gasteiger partial charge >= 0.3 is 0 Å². The molecule has 0 unspecified atom stereocenters. The Hall–Kier alpha value is -5.08. The van der Waals surface area contributed by atoms with Gasteiger partial charge in [0.05, 0.1) is 17.8 Å². The quantitative estimate of drug-likeness (QED) is 0.250. The predicted octanol–water partition coefficient (Wildman–Crippen LogP) is -0.0713. The fourth-order valence-electron chi connectivity index (χ4n) is 5.66. The molecule has 0 radical (unpaired) electrons. The van der Waals surface area contributed by atoms with Crippen molar-refractivity contribution in [3.8, 4) is 0 Å². The van der Waals surface area contributed by atoms with Crippen molar-refractivity contribution in [2.45, 2.75) is 91.5 Å². The van der Waals surface area contributed by atoms with Crippen LogP contribution in [0.2, 0.25) is 0 Å². The van der Waals surface area contributed by atoms with Gasteiger partial charge in [-0.3, -0.25) is 38.2 Å². The molecule has 1 saturated heterocycles. The minimum Gasteiger partial charge on any atom is -0.355 e. The number of ketones is 1. The molecule has 6 amide bonds. The summed E-state index contributed by atoms with van der Waals surface area (Å²) >= 11 is 0. The lowest BCUT2D eigenvalue weighted by Gasteiger charge is -2.28. The summed E-state index contributed by atoms with van der Waals surface area (Å²) in [5, 5.41) is 17.8. The first-order chi connectivity index (χ1) is 23.1. The van der Waals surface area contributed by atoms with Crippen LogP contribution in [-0.2, 0) is 41.7 Å². The van der Waals surface area contributed by atoms with Gasteiger partial charge in [-0.05, 0) is 52.0 Å². The van der Waals surface area contributed by atoms with E-state index in [0.717, 1.165) is 5.56 Å². The normalized spacial score (nSPS) is 22.0. The fraction of sp³-hybridized carbons (Fsp3) is 0.529. The summed E-state index contributed by atoms with van der Waals surface area (Å²) < 4.78 is 1.39. The average Bonchev–Trinajstić information content (AvgIpc) is 3.31. The van der Waals surface area contributed by atoms with E-state index in [2.05, 4.69) is 31.7 Å². The summed E-state index contributed by atoms with van der Waals surface area (Å²) in [6, 6.07) is 4.83. The number of aromatic nitrogens is 2. The summed E-state index contributed by atoms with van der Waals surface area (Å²) in [6.07, 6.45) is 0.540. The van der Waals surface area contributed by atoms with Crippen molar-refractivity contribution in [3.63, 3.8) is 0 Å². The number of aryl methyl sites for hydroxylation is 1. The molecule has 5 N–H and O–H groups in total. The standard InChI is InChI=1S/C34H48N8O7/c1-19(2)30-33(48)36-21(4)31(46)38-26(16-24-12-9-8-10-13-24)34(49)41(7)17-27(44)35-15-11-14-25(32(47)39-30)37-28(45)18-42-22(5)29(23(6)43)20(3)40-42/h8-10,12-13,19,21,25-26,30H,11,14-18H2,1-7H3,(H,35,44)(H,36,48)(H,37,45)(H,38,46)(H,39,47)/t21-,25+,26+,30-/m1/s1. The molecule has 1 fully saturated rings. The van der Waals surface area contributed by atoms with Crippen molar-refractivity contribution in [2.24, 2.45) is 5.92 Å². The van der Waals surface area contributed by atoms with E-state index in [1.807, 2.05) is 30.3 Å². The van der Waals surface area contributed by atoms with Crippen LogP contribution >= 0.6 is 0 Å². The van der Waals surface area contributed by atoms with Crippen LogP contribution in [0.1, 0.15) is 67.8 Å². The first kappa shape index (κ1) is 38.4. The van der Waals surface area contributed by atoms with Gasteiger partial charge < -0.3 is 31.5 Å². The molecular formula is C34H48N8O7. The molecule has 0 spiro atoms. The number of carbonyl (C=O) groups excluding carboxylic acids is 7. The molecule has 2 aromatic rings. The van der Waals surface area contributed by atoms with Gasteiger partial charge in [0.25, 0.3) is 0 Å². The van der Waals surface area contributed by atoms with E-state index < -0.39 is 65.5 Å². The lowest BCUT2D eigenvalue weighted by Crippen LogP contribution is -2.59. The Labute approximate surface area is 286 Å². The van der Waals surface area contributed by atoms with Gasteiger partial charge in [-0.25, -0.2) is 0 Å². The smallest absolute Gasteiger partial charge is 0.245 e. The Kier molecular flexibility index (Phi) is 13.6. The maximum Gasteiger partial charge on any atom is 0.245 e. The molecule has 0 aliphatic carbocycles. The third kappa shape index (κ3) is 10.7. The molecule has 0 saturated carbocycles. The molecule has 266 valence electrons. The highest BCUT2D eigenvalue weighted by Crippen LogP contribution is 2.14. The number of nitrogens with zero attached hydrogens (tertiary/aromatic N) is 3.